The zero-order chi connectivity index (χ0) is 9.30. The minimum absolute atomic E-state index is 0.0487. The van der Waals surface area contributed by atoms with Gasteiger partial charge in [-0.15, -0.1) is 0 Å². The monoisotopic (exact) mass is 170 g/mol. The number of piperidine rings is 1. The number of likely N-dealkylation sites (tertiary alicyclic amines) is 1. The first-order chi connectivity index (χ1) is 5.52. The van der Waals surface area contributed by atoms with Crippen LogP contribution in [0.3, 0.4) is 0 Å². The first-order valence-corrected chi connectivity index (χ1v) is 4.25. The molecule has 2 unspecified atom stereocenters. The van der Waals surface area contributed by atoms with Crippen LogP contribution in [0.5, 0.6) is 0 Å². The van der Waals surface area contributed by atoms with E-state index in [1.165, 1.54) is 0 Å². The molecule has 1 fully saturated rings. The van der Waals surface area contributed by atoms with Gasteiger partial charge in [0.15, 0.2) is 0 Å². The summed E-state index contributed by atoms with van der Waals surface area (Å²) >= 11 is 0. The van der Waals surface area contributed by atoms with Gasteiger partial charge in [-0.2, -0.15) is 0 Å². The van der Waals surface area contributed by atoms with E-state index in [2.05, 4.69) is 0 Å². The van der Waals surface area contributed by atoms with Gasteiger partial charge in [-0.3, -0.25) is 9.69 Å². The number of hydrogen-bond donors (Lipinski definition) is 3. The molecule has 1 heterocycles. The Morgan fingerprint density at radius 2 is 1.92 bits per heavy atom. The highest BCUT2D eigenvalue weighted by Crippen LogP contribution is 2.07. The standard InChI is InChI=1S/C8H15N3O/c1-5-3-11(8(9)10)4-6(2)7(5)12/h5-6H,3-4H2,1-2H3,(H3,9,10)/p+1. The average molecular weight is 170 g/mol. The molecule has 4 nitrogen and oxygen atoms in total. The lowest BCUT2D eigenvalue weighted by Crippen LogP contribution is -3.18. The maximum Gasteiger partial charge on any atom is 0.290 e. The summed E-state index contributed by atoms with van der Waals surface area (Å²) in [6.07, 6.45) is 0. The van der Waals surface area contributed by atoms with Gasteiger partial charge in [0.2, 0.25) is 0 Å². The van der Waals surface area contributed by atoms with Crippen molar-refractivity contribution in [3.63, 3.8) is 0 Å². The Bertz CT molecular complexity index is 200. The number of carbonyl (C=O) groups excluding carboxylic acids is 1. The molecule has 0 bridgehead atoms. The lowest BCUT2D eigenvalue weighted by atomic mass is 9.90. The van der Waals surface area contributed by atoms with Gasteiger partial charge in [0, 0.05) is 0 Å². The van der Waals surface area contributed by atoms with Gasteiger partial charge in [0.1, 0.15) is 5.78 Å². The van der Waals surface area contributed by atoms with Crippen molar-refractivity contribution < 1.29 is 9.69 Å². The molecule has 0 radical (unpaired) electrons. The molecule has 4 heteroatoms. The molecule has 12 heavy (non-hydrogen) atoms. The molecule has 1 aliphatic rings. The SMILES string of the molecule is CC1C[NH+](C(=N)N)CC(C)C1=O. The predicted octanol–water partition coefficient (Wildman–Crippen LogP) is -1.38. The van der Waals surface area contributed by atoms with Crippen molar-refractivity contribution in [2.75, 3.05) is 13.1 Å². The van der Waals surface area contributed by atoms with Crippen molar-refractivity contribution in [3.05, 3.63) is 0 Å². The number of guanidine groups is 1. The summed E-state index contributed by atoms with van der Waals surface area (Å²) < 4.78 is 0. The summed E-state index contributed by atoms with van der Waals surface area (Å²) in [4.78, 5) is 12.3. The van der Waals surface area contributed by atoms with Crippen molar-refractivity contribution in [1.82, 2.24) is 0 Å². The summed E-state index contributed by atoms with van der Waals surface area (Å²) in [5.41, 5.74) is 5.37. The van der Waals surface area contributed by atoms with Crippen molar-refractivity contribution in [3.8, 4) is 0 Å². The lowest BCUT2D eigenvalue weighted by molar-refractivity contribution is -0.817. The van der Waals surface area contributed by atoms with Crippen LogP contribution >= 0.6 is 0 Å². The number of ketones is 1. The second kappa shape index (κ2) is 3.23. The maximum absolute atomic E-state index is 11.4. The van der Waals surface area contributed by atoms with Gasteiger partial charge in [0.25, 0.3) is 5.96 Å². The molecular formula is C8H16N3O+. The Morgan fingerprint density at radius 3 is 2.25 bits per heavy atom. The van der Waals surface area contributed by atoms with E-state index in [1.807, 2.05) is 13.8 Å². The minimum Gasteiger partial charge on any atom is -0.338 e. The first-order valence-electron chi connectivity index (χ1n) is 4.25. The molecule has 0 saturated carbocycles. The predicted molar refractivity (Wildman–Crippen MR) is 45.9 cm³/mol. The molecular weight excluding hydrogens is 154 g/mol. The van der Waals surface area contributed by atoms with Crippen LogP contribution in [0.1, 0.15) is 13.8 Å². The summed E-state index contributed by atoms with van der Waals surface area (Å²) in [5, 5.41) is 7.26. The minimum atomic E-state index is 0.0487. The maximum atomic E-state index is 11.4. The van der Waals surface area contributed by atoms with Gasteiger partial charge >= 0.3 is 0 Å². The highest BCUT2D eigenvalue weighted by Gasteiger charge is 2.34. The molecule has 2 atom stereocenters. The van der Waals surface area contributed by atoms with Gasteiger partial charge in [-0.25, -0.2) is 5.41 Å². The van der Waals surface area contributed by atoms with E-state index >= 15 is 0 Å². The molecule has 0 amide bonds. The average Bonchev–Trinajstić information content (AvgIpc) is 1.99. The van der Waals surface area contributed by atoms with Crippen LogP contribution in [-0.2, 0) is 4.79 Å². The highest BCUT2D eigenvalue weighted by atomic mass is 16.1. The molecule has 0 aromatic rings. The lowest BCUT2D eigenvalue weighted by Gasteiger charge is -2.28. The van der Waals surface area contributed by atoms with E-state index in [1.54, 1.807) is 0 Å². The molecule has 0 aliphatic carbocycles. The van der Waals surface area contributed by atoms with E-state index in [0.29, 0.717) is 18.9 Å². The van der Waals surface area contributed by atoms with Crippen molar-refractivity contribution in [1.29, 1.82) is 5.41 Å². The molecule has 1 rings (SSSR count). The Morgan fingerprint density at radius 1 is 1.50 bits per heavy atom. The second-order valence-corrected chi connectivity index (χ2v) is 3.63. The largest absolute Gasteiger partial charge is 0.338 e. The summed E-state index contributed by atoms with van der Waals surface area (Å²) in [6.45, 7) is 5.17. The topological polar surface area (TPSA) is 71.4 Å². The fourth-order valence-corrected chi connectivity index (χ4v) is 1.73. The van der Waals surface area contributed by atoms with Crippen LogP contribution in [-0.4, -0.2) is 24.8 Å². The van der Waals surface area contributed by atoms with E-state index in [-0.39, 0.29) is 17.8 Å². The molecule has 1 saturated heterocycles. The van der Waals surface area contributed by atoms with E-state index in [9.17, 15) is 4.79 Å². The Labute approximate surface area is 72.2 Å². The summed E-state index contributed by atoms with van der Waals surface area (Å²) in [6, 6.07) is 0. The van der Waals surface area contributed by atoms with Crippen molar-refractivity contribution >= 4 is 11.7 Å². The van der Waals surface area contributed by atoms with E-state index < -0.39 is 0 Å². The van der Waals surface area contributed by atoms with Crippen LogP contribution in [0.15, 0.2) is 0 Å². The highest BCUT2D eigenvalue weighted by molar-refractivity contribution is 5.84. The van der Waals surface area contributed by atoms with Crippen LogP contribution in [0.2, 0.25) is 0 Å². The normalized spacial score (nSPS) is 36.5. The smallest absolute Gasteiger partial charge is 0.290 e. The number of quaternary nitrogens is 1. The molecule has 0 aromatic heterocycles. The zero-order valence-electron chi connectivity index (χ0n) is 7.55. The van der Waals surface area contributed by atoms with E-state index in [0.717, 1.165) is 4.90 Å². The zero-order valence-corrected chi connectivity index (χ0v) is 7.55. The number of nitrogens with one attached hydrogen (secondary N) is 2. The summed E-state index contributed by atoms with van der Waals surface area (Å²) in [5.74, 6) is 0.557. The fourth-order valence-electron chi connectivity index (χ4n) is 1.73. The Kier molecular flexibility index (Phi) is 2.47. The molecule has 1 aliphatic heterocycles. The van der Waals surface area contributed by atoms with Crippen molar-refractivity contribution in [2.24, 2.45) is 17.6 Å². The van der Waals surface area contributed by atoms with Crippen LogP contribution in [0.25, 0.3) is 0 Å². The molecule has 0 aromatic carbocycles. The van der Waals surface area contributed by atoms with Gasteiger partial charge in [-0.1, -0.05) is 13.8 Å². The third-order valence-corrected chi connectivity index (χ3v) is 2.46. The number of Topliss-reactive ketones (excluding diaryl/α,β-unsaturated/α-hetero) is 1. The van der Waals surface area contributed by atoms with Gasteiger partial charge < -0.3 is 5.73 Å². The quantitative estimate of drug-likeness (QED) is 0.310. The van der Waals surface area contributed by atoms with Crippen molar-refractivity contribution in [2.45, 2.75) is 13.8 Å². The Balaban J connectivity index is 2.65. The second-order valence-electron chi connectivity index (χ2n) is 3.63. The number of nitrogens with two attached hydrogens (primary N) is 1. The third-order valence-electron chi connectivity index (χ3n) is 2.46. The number of hydrogen-bond acceptors (Lipinski definition) is 2. The number of rotatable bonds is 0. The van der Waals surface area contributed by atoms with Gasteiger partial charge in [-0.05, 0) is 0 Å². The van der Waals surface area contributed by atoms with Crippen LogP contribution in [0.4, 0.5) is 0 Å². The number of carbonyl (C=O) groups is 1. The molecule has 68 valence electrons. The van der Waals surface area contributed by atoms with E-state index in [4.69, 9.17) is 11.1 Å². The Hall–Kier alpha value is -0.900. The fraction of sp³-hybridized carbons (Fsp3) is 0.750. The third kappa shape index (κ3) is 1.64. The van der Waals surface area contributed by atoms with Gasteiger partial charge in [0.05, 0.1) is 24.9 Å². The van der Waals surface area contributed by atoms with Crippen LogP contribution in [0, 0.1) is 17.2 Å². The summed E-state index contributed by atoms with van der Waals surface area (Å²) in [7, 11) is 0. The molecule has 4 N–H and O–H groups in total. The molecule has 0 spiro atoms. The van der Waals surface area contributed by atoms with Crippen LogP contribution < -0.4 is 10.6 Å². The first kappa shape index (κ1) is 9.19.